The van der Waals surface area contributed by atoms with E-state index < -0.39 is 6.85 Å². The molecule has 0 unspecified atom stereocenters. The summed E-state index contributed by atoms with van der Waals surface area (Å²) in [5, 5.41) is 3.09. The minimum Gasteiger partial charge on any atom is -0.456 e. The third-order valence-electron chi connectivity index (χ3n) is 7.40. The van der Waals surface area contributed by atoms with E-state index in [0.29, 0.717) is 29.0 Å². The van der Waals surface area contributed by atoms with Crippen molar-refractivity contribution in [1.82, 2.24) is 4.98 Å². The first-order valence-corrected chi connectivity index (χ1v) is 13.7. The van der Waals surface area contributed by atoms with E-state index >= 15 is 0 Å². The molecule has 1 aliphatic heterocycles. The van der Waals surface area contributed by atoms with E-state index in [1.807, 2.05) is 24.3 Å². The van der Waals surface area contributed by atoms with Crippen molar-refractivity contribution >= 4 is 21.5 Å². The highest BCUT2D eigenvalue weighted by Crippen LogP contribution is 2.51. The molecule has 0 saturated carbocycles. The second kappa shape index (κ2) is 8.95. The van der Waals surface area contributed by atoms with Crippen LogP contribution >= 0.6 is 0 Å². The zero-order valence-electron chi connectivity index (χ0n) is 29.0. The fourth-order valence-electron chi connectivity index (χ4n) is 5.92. The fourth-order valence-corrected chi connectivity index (χ4v) is 5.92. The SMILES string of the molecule is [2H]c1nc2c3c(cc(-c4ccc(CC(C)(C)C)cc4C)cc3c1[2H])Oc1c-2cc2ccc(C([2H])([2H])[2H])cc2c1CC(C)(C)C. The summed E-state index contributed by atoms with van der Waals surface area (Å²) in [6.45, 7) is 13.0. The van der Waals surface area contributed by atoms with Crippen LogP contribution in [0.1, 0.15) is 70.7 Å². The minimum atomic E-state index is -2.23. The van der Waals surface area contributed by atoms with Gasteiger partial charge in [0, 0.05) is 21.4 Å². The van der Waals surface area contributed by atoms with Gasteiger partial charge in [0.2, 0.25) is 0 Å². The van der Waals surface area contributed by atoms with Crippen LogP contribution in [0.2, 0.25) is 0 Å². The van der Waals surface area contributed by atoms with E-state index in [0.717, 1.165) is 50.4 Å². The Labute approximate surface area is 240 Å². The summed E-state index contributed by atoms with van der Waals surface area (Å²) >= 11 is 0. The first-order chi connectivity index (χ1) is 20.4. The lowest BCUT2D eigenvalue weighted by Gasteiger charge is -2.28. The number of hydrogen-bond acceptors (Lipinski definition) is 2. The van der Waals surface area contributed by atoms with Gasteiger partial charge in [0.05, 0.1) is 13.8 Å². The summed E-state index contributed by atoms with van der Waals surface area (Å²) in [7, 11) is 0. The van der Waals surface area contributed by atoms with Crippen molar-refractivity contribution in [3.63, 3.8) is 0 Å². The standard InChI is InChI=1S/C37H39NO/c1-22-9-11-25-18-30-34-33-26(13-14-38-34)17-27(28-12-10-24(16-23(28)2)20-36(3,4)5)19-32(33)39-35(30)31(29(25)15-22)21-37(6,7)8/h9-19H,20-21H2,1-8H3/i1D3,13D,14D. The van der Waals surface area contributed by atoms with Crippen LogP contribution in [-0.4, -0.2) is 4.98 Å². The van der Waals surface area contributed by atoms with Gasteiger partial charge in [-0.1, -0.05) is 83.5 Å². The lowest BCUT2D eigenvalue weighted by atomic mass is 9.83. The van der Waals surface area contributed by atoms with Gasteiger partial charge in [-0.15, -0.1) is 0 Å². The third kappa shape index (κ3) is 4.82. The van der Waals surface area contributed by atoms with Gasteiger partial charge in [0.15, 0.2) is 0 Å². The van der Waals surface area contributed by atoms with Crippen molar-refractivity contribution in [3.05, 3.63) is 89.1 Å². The number of nitrogens with zero attached hydrogens (tertiary/aromatic N) is 1. The van der Waals surface area contributed by atoms with Gasteiger partial charge in [0.25, 0.3) is 0 Å². The molecule has 5 aromatic rings. The molecule has 0 radical (unpaired) electrons. The van der Waals surface area contributed by atoms with E-state index in [1.165, 1.54) is 5.56 Å². The molecule has 0 atom stereocenters. The van der Waals surface area contributed by atoms with Crippen LogP contribution in [0.4, 0.5) is 0 Å². The van der Waals surface area contributed by atoms with Gasteiger partial charge in [-0.25, -0.2) is 0 Å². The van der Waals surface area contributed by atoms with Crippen molar-refractivity contribution < 1.29 is 11.6 Å². The maximum absolute atomic E-state index is 8.82. The Hall–Kier alpha value is -3.65. The molecule has 2 heteroatoms. The third-order valence-corrected chi connectivity index (χ3v) is 7.40. The first-order valence-electron chi connectivity index (χ1n) is 16.2. The zero-order chi connectivity index (χ0) is 31.9. The molecule has 0 bridgehead atoms. The van der Waals surface area contributed by atoms with Crippen molar-refractivity contribution in [2.45, 2.75) is 68.2 Å². The predicted molar refractivity (Wildman–Crippen MR) is 166 cm³/mol. The average Bonchev–Trinajstić information content (AvgIpc) is 2.89. The lowest BCUT2D eigenvalue weighted by molar-refractivity contribution is 0.400. The van der Waals surface area contributed by atoms with Crippen LogP contribution in [0.25, 0.3) is 43.9 Å². The van der Waals surface area contributed by atoms with Gasteiger partial charge >= 0.3 is 0 Å². The molecular formula is C37H39NO. The van der Waals surface area contributed by atoms with E-state index in [-0.39, 0.29) is 28.6 Å². The number of aromatic nitrogens is 1. The Morgan fingerprint density at radius 1 is 0.846 bits per heavy atom. The zero-order valence-corrected chi connectivity index (χ0v) is 24.0. The maximum Gasteiger partial charge on any atom is 0.140 e. The highest BCUT2D eigenvalue weighted by atomic mass is 16.5. The molecule has 2 nitrogen and oxygen atoms in total. The summed E-state index contributed by atoms with van der Waals surface area (Å²) in [5.41, 5.74) is 7.04. The molecule has 0 saturated heterocycles. The second-order valence-corrected chi connectivity index (χ2v) is 13.5. The molecule has 1 aromatic heterocycles. The number of aryl methyl sites for hydroxylation is 2. The van der Waals surface area contributed by atoms with Gasteiger partial charge in [0.1, 0.15) is 11.5 Å². The van der Waals surface area contributed by atoms with Gasteiger partial charge < -0.3 is 4.74 Å². The number of pyridine rings is 1. The molecule has 1 aliphatic rings. The van der Waals surface area contributed by atoms with Gasteiger partial charge in [-0.2, -0.15) is 0 Å². The Morgan fingerprint density at radius 3 is 2.36 bits per heavy atom. The van der Waals surface area contributed by atoms with Crippen molar-refractivity contribution in [2.75, 3.05) is 0 Å². The van der Waals surface area contributed by atoms with Crippen molar-refractivity contribution in [2.24, 2.45) is 10.8 Å². The van der Waals surface area contributed by atoms with Crippen molar-refractivity contribution in [1.29, 1.82) is 0 Å². The van der Waals surface area contributed by atoms with Crippen molar-refractivity contribution in [3.8, 4) is 33.9 Å². The summed E-state index contributed by atoms with van der Waals surface area (Å²) in [6, 6.07) is 17.9. The summed E-state index contributed by atoms with van der Waals surface area (Å²) in [5.74, 6) is 1.24. The Morgan fingerprint density at radius 2 is 1.64 bits per heavy atom. The van der Waals surface area contributed by atoms with Crippen LogP contribution in [0, 0.1) is 24.6 Å². The lowest BCUT2D eigenvalue weighted by Crippen LogP contribution is -2.12. The topological polar surface area (TPSA) is 22.1 Å². The molecule has 4 aromatic carbocycles. The van der Waals surface area contributed by atoms with Gasteiger partial charge in [-0.3, -0.25) is 4.98 Å². The number of fused-ring (bicyclic) bond motifs is 3. The van der Waals surface area contributed by atoms with Crippen LogP contribution in [0.15, 0.2) is 66.8 Å². The number of hydrogen-bond donors (Lipinski definition) is 0. The summed E-state index contributed by atoms with van der Waals surface area (Å²) < 4.78 is 48.4. The van der Waals surface area contributed by atoms with Crippen LogP contribution < -0.4 is 4.74 Å². The smallest absolute Gasteiger partial charge is 0.140 e. The van der Waals surface area contributed by atoms with Crippen LogP contribution in [-0.2, 0) is 12.8 Å². The highest BCUT2D eigenvalue weighted by molar-refractivity contribution is 6.07. The molecule has 0 aliphatic carbocycles. The van der Waals surface area contributed by atoms with Crippen LogP contribution in [0.3, 0.4) is 0 Å². The molecule has 2 heterocycles. The minimum absolute atomic E-state index is 0.0685. The average molecular weight is 519 g/mol. The predicted octanol–water partition coefficient (Wildman–Crippen LogP) is 10.6. The maximum atomic E-state index is 8.82. The number of benzene rings is 4. The van der Waals surface area contributed by atoms with E-state index in [4.69, 9.17) is 11.6 Å². The molecule has 0 N–H and O–H groups in total. The molecule has 198 valence electrons. The monoisotopic (exact) mass is 518 g/mol. The summed E-state index contributed by atoms with van der Waals surface area (Å²) in [6.07, 6.45) is 1.53. The highest BCUT2D eigenvalue weighted by Gasteiger charge is 2.28. The largest absolute Gasteiger partial charge is 0.456 e. The van der Waals surface area contributed by atoms with E-state index in [2.05, 4.69) is 71.6 Å². The molecule has 0 fully saturated rings. The Kier molecular flexibility index (Phi) is 4.65. The summed E-state index contributed by atoms with van der Waals surface area (Å²) in [4.78, 5) is 4.65. The van der Waals surface area contributed by atoms with Crippen LogP contribution in [0.5, 0.6) is 11.5 Å². The molecule has 0 amide bonds. The number of ether oxygens (including phenoxy) is 1. The van der Waals surface area contributed by atoms with E-state index in [1.54, 1.807) is 12.1 Å². The van der Waals surface area contributed by atoms with Gasteiger partial charge in [-0.05, 0) is 100 Å². The second-order valence-electron chi connectivity index (χ2n) is 13.5. The Bertz CT molecular complexity index is 1980. The Balaban J connectivity index is 1.62. The molecule has 6 rings (SSSR count). The molecule has 0 spiro atoms. The van der Waals surface area contributed by atoms with E-state index in [9.17, 15) is 0 Å². The molecule has 39 heavy (non-hydrogen) atoms. The fraction of sp³-hybridized carbons (Fsp3) is 0.324. The quantitative estimate of drug-likeness (QED) is 0.232. The normalized spacial score (nSPS) is 15.2. The number of rotatable bonds is 3. The first kappa shape index (κ1) is 20.3. The molecular weight excluding hydrogens is 474 g/mol.